The minimum absolute atomic E-state index is 0.134. The smallest absolute Gasteiger partial charge is 0.0701 e. The number of hydrogen-bond acceptors (Lipinski definition) is 3. The molecule has 0 aromatic rings. The van der Waals surface area contributed by atoms with Crippen molar-refractivity contribution < 1.29 is 5.11 Å². The van der Waals surface area contributed by atoms with Crippen molar-refractivity contribution in [2.75, 3.05) is 18.6 Å². The molecule has 0 aromatic heterocycles. The fourth-order valence-corrected chi connectivity index (χ4v) is 2.30. The summed E-state index contributed by atoms with van der Waals surface area (Å²) >= 11 is 1.81. The second-order valence-electron chi connectivity index (χ2n) is 3.76. The zero-order valence-corrected chi connectivity index (χ0v) is 9.28. The molecule has 1 aliphatic heterocycles. The van der Waals surface area contributed by atoms with Gasteiger partial charge in [0.1, 0.15) is 0 Å². The molecule has 0 aromatic carbocycles. The Balaban J connectivity index is 2.22. The predicted molar refractivity (Wildman–Crippen MR) is 59.3 cm³/mol. The Morgan fingerprint density at radius 1 is 1.46 bits per heavy atom. The molecule has 2 N–H and O–H groups in total. The van der Waals surface area contributed by atoms with Gasteiger partial charge in [0.15, 0.2) is 0 Å². The Morgan fingerprint density at radius 2 is 2.31 bits per heavy atom. The summed E-state index contributed by atoms with van der Waals surface area (Å²) in [5.74, 6) is 1.07. The van der Waals surface area contributed by atoms with E-state index in [1.54, 1.807) is 0 Å². The summed E-state index contributed by atoms with van der Waals surface area (Å²) in [6, 6.07) is 0.356. The number of aliphatic hydroxyl groups is 1. The summed E-state index contributed by atoms with van der Waals surface area (Å²) in [7, 11) is 0. The zero-order valence-electron chi connectivity index (χ0n) is 8.46. The second kappa shape index (κ2) is 6.68. The molecule has 0 spiro atoms. The van der Waals surface area contributed by atoms with Gasteiger partial charge in [-0.25, -0.2) is 0 Å². The maximum Gasteiger partial charge on any atom is 0.0701 e. The van der Waals surface area contributed by atoms with Gasteiger partial charge in [-0.05, 0) is 37.8 Å². The first-order valence-corrected chi connectivity index (χ1v) is 6.64. The molecule has 1 aliphatic rings. The van der Waals surface area contributed by atoms with Gasteiger partial charge in [-0.1, -0.05) is 12.8 Å². The van der Waals surface area contributed by atoms with E-state index >= 15 is 0 Å². The Morgan fingerprint density at radius 3 is 3.08 bits per heavy atom. The van der Waals surface area contributed by atoms with Crippen LogP contribution in [0.1, 0.15) is 32.1 Å². The van der Waals surface area contributed by atoms with Crippen LogP contribution in [0.15, 0.2) is 0 Å². The molecule has 1 saturated heterocycles. The average molecular weight is 203 g/mol. The molecule has 3 heteroatoms. The lowest BCUT2D eigenvalue weighted by molar-refractivity contribution is 0.122. The predicted octanol–water partition coefficient (Wildman–Crippen LogP) is 1.63. The van der Waals surface area contributed by atoms with Crippen LogP contribution < -0.4 is 5.32 Å². The molecule has 2 atom stereocenters. The van der Waals surface area contributed by atoms with Crippen LogP contribution in [0, 0.1) is 0 Å². The van der Waals surface area contributed by atoms with E-state index in [9.17, 15) is 5.11 Å². The Bertz CT molecular complexity index is 124. The van der Waals surface area contributed by atoms with E-state index in [-0.39, 0.29) is 6.10 Å². The summed E-state index contributed by atoms with van der Waals surface area (Å²) in [4.78, 5) is 0. The molecule has 1 rings (SSSR count). The first kappa shape index (κ1) is 11.3. The van der Waals surface area contributed by atoms with E-state index in [1.165, 1.54) is 19.3 Å². The normalized spacial score (nSPS) is 26.8. The van der Waals surface area contributed by atoms with Crippen molar-refractivity contribution in [3.8, 4) is 0 Å². The topological polar surface area (TPSA) is 32.3 Å². The third-order valence-corrected chi connectivity index (χ3v) is 3.32. The second-order valence-corrected chi connectivity index (χ2v) is 4.74. The van der Waals surface area contributed by atoms with E-state index in [4.69, 9.17) is 0 Å². The first-order chi connectivity index (χ1) is 6.34. The van der Waals surface area contributed by atoms with Gasteiger partial charge in [0.2, 0.25) is 0 Å². The first-order valence-electron chi connectivity index (χ1n) is 5.25. The van der Waals surface area contributed by atoms with Crippen molar-refractivity contribution in [2.24, 2.45) is 0 Å². The van der Waals surface area contributed by atoms with E-state index in [0.29, 0.717) is 6.04 Å². The number of nitrogens with one attached hydrogen (secondary N) is 1. The number of thioether (sulfide) groups is 1. The van der Waals surface area contributed by atoms with Crippen molar-refractivity contribution in [3.63, 3.8) is 0 Å². The van der Waals surface area contributed by atoms with Gasteiger partial charge in [-0.15, -0.1) is 0 Å². The van der Waals surface area contributed by atoms with Crippen LogP contribution >= 0.6 is 11.8 Å². The Labute approximate surface area is 85.5 Å². The molecule has 0 radical (unpaired) electrons. The quantitative estimate of drug-likeness (QED) is 0.728. The van der Waals surface area contributed by atoms with Gasteiger partial charge >= 0.3 is 0 Å². The van der Waals surface area contributed by atoms with Crippen LogP contribution in [0.4, 0.5) is 0 Å². The largest absolute Gasteiger partial charge is 0.391 e. The van der Waals surface area contributed by atoms with Crippen molar-refractivity contribution in [1.29, 1.82) is 0 Å². The average Bonchev–Trinajstić information content (AvgIpc) is 2.42. The van der Waals surface area contributed by atoms with Crippen LogP contribution in [-0.4, -0.2) is 35.8 Å². The molecule has 1 heterocycles. The van der Waals surface area contributed by atoms with Crippen molar-refractivity contribution in [1.82, 2.24) is 5.32 Å². The minimum Gasteiger partial charge on any atom is -0.391 e. The maximum atomic E-state index is 9.85. The highest BCUT2D eigenvalue weighted by Gasteiger charge is 2.19. The molecule has 0 amide bonds. The number of rotatable bonds is 4. The lowest BCUT2D eigenvalue weighted by atomic mass is 10.0. The number of aliphatic hydroxyl groups excluding tert-OH is 1. The summed E-state index contributed by atoms with van der Waals surface area (Å²) in [6.07, 6.45) is 7.89. The molecule has 0 bridgehead atoms. The summed E-state index contributed by atoms with van der Waals surface area (Å²) in [5.41, 5.74) is 0. The fraction of sp³-hybridized carbons (Fsp3) is 1.00. The third-order valence-electron chi connectivity index (χ3n) is 2.68. The summed E-state index contributed by atoms with van der Waals surface area (Å²) < 4.78 is 0. The van der Waals surface area contributed by atoms with E-state index in [0.717, 1.165) is 25.1 Å². The maximum absolute atomic E-state index is 9.85. The van der Waals surface area contributed by atoms with Gasteiger partial charge in [-0.2, -0.15) is 11.8 Å². The van der Waals surface area contributed by atoms with Crippen LogP contribution in [0.25, 0.3) is 0 Å². The monoisotopic (exact) mass is 203 g/mol. The molecule has 0 aliphatic carbocycles. The molecule has 1 fully saturated rings. The van der Waals surface area contributed by atoms with Crippen LogP contribution in [-0.2, 0) is 0 Å². The van der Waals surface area contributed by atoms with Gasteiger partial charge in [0.05, 0.1) is 6.10 Å². The zero-order chi connectivity index (χ0) is 9.52. The van der Waals surface area contributed by atoms with E-state index in [2.05, 4.69) is 11.6 Å². The molecule has 0 saturated carbocycles. The van der Waals surface area contributed by atoms with Gasteiger partial charge in [0.25, 0.3) is 0 Å². The van der Waals surface area contributed by atoms with E-state index in [1.807, 2.05) is 11.8 Å². The Kier molecular flexibility index (Phi) is 5.83. The van der Waals surface area contributed by atoms with Crippen LogP contribution in [0.2, 0.25) is 0 Å². The van der Waals surface area contributed by atoms with Gasteiger partial charge in [-0.3, -0.25) is 0 Å². The molecule has 13 heavy (non-hydrogen) atoms. The fourth-order valence-electron chi connectivity index (χ4n) is 1.82. The standard InChI is InChI=1S/C10H21NOS/c1-13-8-6-10(12)9-5-3-2-4-7-11-9/h9-12H,2-8H2,1H3. The molecule has 2 nitrogen and oxygen atoms in total. The lowest BCUT2D eigenvalue weighted by Gasteiger charge is -2.21. The van der Waals surface area contributed by atoms with E-state index < -0.39 is 0 Å². The van der Waals surface area contributed by atoms with Crippen LogP contribution in [0.3, 0.4) is 0 Å². The SMILES string of the molecule is CSCCC(O)C1CCCCCN1. The summed E-state index contributed by atoms with van der Waals surface area (Å²) in [6.45, 7) is 1.08. The van der Waals surface area contributed by atoms with Gasteiger partial charge < -0.3 is 10.4 Å². The highest BCUT2D eigenvalue weighted by Crippen LogP contribution is 2.14. The van der Waals surface area contributed by atoms with Crippen molar-refractivity contribution in [2.45, 2.75) is 44.2 Å². The molecule has 78 valence electrons. The highest BCUT2D eigenvalue weighted by atomic mass is 32.2. The molecular formula is C10H21NOS. The van der Waals surface area contributed by atoms with Crippen LogP contribution in [0.5, 0.6) is 0 Å². The van der Waals surface area contributed by atoms with Gasteiger partial charge in [0, 0.05) is 6.04 Å². The lowest BCUT2D eigenvalue weighted by Crippen LogP contribution is -2.39. The third kappa shape index (κ3) is 4.34. The highest BCUT2D eigenvalue weighted by molar-refractivity contribution is 7.98. The summed E-state index contributed by atoms with van der Waals surface area (Å²) in [5, 5.41) is 13.3. The minimum atomic E-state index is -0.134. The van der Waals surface area contributed by atoms with Crippen molar-refractivity contribution >= 4 is 11.8 Å². The molecular weight excluding hydrogens is 182 g/mol. The Hall–Kier alpha value is 0.270. The number of hydrogen-bond donors (Lipinski definition) is 2. The molecule has 2 unspecified atom stereocenters. The van der Waals surface area contributed by atoms with Crippen molar-refractivity contribution in [3.05, 3.63) is 0 Å².